The summed E-state index contributed by atoms with van der Waals surface area (Å²) in [6.45, 7) is 5.25. The van der Waals surface area contributed by atoms with Crippen LogP contribution in [0.4, 0.5) is 0 Å². The van der Waals surface area contributed by atoms with E-state index in [2.05, 4.69) is 0 Å². The fourth-order valence-electron chi connectivity index (χ4n) is 4.27. The van der Waals surface area contributed by atoms with Crippen LogP contribution in [0, 0.1) is 0 Å². The second-order valence-electron chi connectivity index (χ2n) is 8.68. The van der Waals surface area contributed by atoms with E-state index in [-0.39, 0.29) is 58.7 Å². The van der Waals surface area contributed by atoms with Crippen LogP contribution in [0.25, 0.3) is 22.3 Å². The number of ether oxygens (including phenoxy) is 5. The zero-order valence-electron chi connectivity index (χ0n) is 21.7. The molecule has 12 nitrogen and oxygen atoms in total. The van der Waals surface area contributed by atoms with Crippen LogP contribution in [0.15, 0.2) is 39.5 Å². The first-order valence-electron chi connectivity index (χ1n) is 12.6. The largest absolute Gasteiger partial charge is 0.504 e. The van der Waals surface area contributed by atoms with Crippen molar-refractivity contribution in [3.8, 4) is 40.1 Å². The maximum Gasteiger partial charge on any atom is 0.239 e. The molecule has 12 heteroatoms. The molecule has 0 spiro atoms. The Hall–Kier alpha value is -3.55. The van der Waals surface area contributed by atoms with Crippen LogP contribution in [0.1, 0.15) is 20.8 Å². The molecule has 0 amide bonds. The third kappa shape index (κ3) is 5.60. The van der Waals surface area contributed by atoms with Gasteiger partial charge in [-0.25, -0.2) is 0 Å². The first-order valence-corrected chi connectivity index (χ1v) is 12.6. The van der Waals surface area contributed by atoms with Crippen molar-refractivity contribution in [3.63, 3.8) is 0 Å². The van der Waals surface area contributed by atoms with Crippen LogP contribution in [-0.4, -0.2) is 82.7 Å². The Kier molecular flexibility index (Phi) is 8.83. The van der Waals surface area contributed by atoms with Crippen molar-refractivity contribution in [1.82, 2.24) is 0 Å². The molecule has 1 aliphatic rings. The Morgan fingerprint density at radius 1 is 0.872 bits per heavy atom. The molecule has 4 rings (SSSR count). The highest BCUT2D eigenvalue weighted by Gasteiger charge is 2.44. The predicted octanol–water partition coefficient (Wildman–Crippen LogP) is 1.54. The maximum absolute atomic E-state index is 13.7. The van der Waals surface area contributed by atoms with Gasteiger partial charge in [-0.1, -0.05) is 0 Å². The lowest BCUT2D eigenvalue weighted by atomic mass is 9.99. The van der Waals surface area contributed by atoms with E-state index >= 15 is 0 Å². The average Bonchev–Trinajstić information content (AvgIpc) is 2.92. The van der Waals surface area contributed by atoms with Crippen molar-refractivity contribution in [3.05, 3.63) is 40.6 Å². The fourth-order valence-corrected chi connectivity index (χ4v) is 4.27. The lowest BCUT2D eigenvalue weighted by Gasteiger charge is -2.39. The summed E-state index contributed by atoms with van der Waals surface area (Å²) in [6, 6.07) is 7.24. The molecule has 212 valence electrons. The molecule has 0 bridgehead atoms. The second-order valence-corrected chi connectivity index (χ2v) is 8.68. The summed E-state index contributed by atoms with van der Waals surface area (Å²) in [5.41, 5.74) is -0.0612. The number of hydrogen-bond acceptors (Lipinski definition) is 12. The molecule has 5 N–H and O–H groups in total. The van der Waals surface area contributed by atoms with Gasteiger partial charge in [-0.15, -0.1) is 0 Å². The van der Waals surface area contributed by atoms with E-state index < -0.39 is 42.7 Å². The first kappa shape index (κ1) is 28.5. The molecule has 2 heterocycles. The van der Waals surface area contributed by atoms with Gasteiger partial charge in [0.2, 0.25) is 17.5 Å². The highest BCUT2D eigenvalue weighted by molar-refractivity contribution is 5.88. The topological polar surface area (TPSA) is 178 Å². The molecular formula is C27H32O12. The molecular weight excluding hydrogens is 516 g/mol. The van der Waals surface area contributed by atoms with Gasteiger partial charge in [-0.3, -0.25) is 4.79 Å². The number of fused-ring (bicyclic) bond motifs is 1. The van der Waals surface area contributed by atoms with E-state index in [1.807, 2.05) is 0 Å². The number of phenols is 1. The van der Waals surface area contributed by atoms with Gasteiger partial charge in [0.05, 0.1) is 26.4 Å². The molecule has 1 aromatic heterocycles. The second kappa shape index (κ2) is 12.1. The van der Waals surface area contributed by atoms with E-state index in [0.29, 0.717) is 12.2 Å². The zero-order valence-corrected chi connectivity index (χ0v) is 21.7. The molecule has 5 atom stereocenters. The van der Waals surface area contributed by atoms with Crippen LogP contribution < -0.4 is 24.4 Å². The van der Waals surface area contributed by atoms with E-state index in [4.69, 9.17) is 28.1 Å². The van der Waals surface area contributed by atoms with Crippen LogP contribution in [0.2, 0.25) is 0 Å². The summed E-state index contributed by atoms with van der Waals surface area (Å²) in [6.07, 6.45) is -7.48. The minimum Gasteiger partial charge on any atom is -0.504 e. The number of phenolic OH excluding ortho intramolecular Hbond substituents is 1. The van der Waals surface area contributed by atoms with Crippen molar-refractivity contribution in [1.29, 1.82) is 0 Å². The van der Waals surface area contributed by atoms with Gasteiger partial charge in [0, 0.05) is 17.7 Å². The van der Waals surface area contributed by atoms with E-state index in [0.717, 1.165) is 0 Å². The number of benzene rings is 2. The summed E-state index contributed by atoms with van der Waals surface area (Å²) in [7, 11) is 0. The standard InChI is InChI=1S/C27H32O12/c1-4-34-16-9-13(7-8-15(16)29)25-26(36-6-3)22(31)20-17(35-5-2)10-14(11-18(20)38-25)37-27-24(33)23(32)21(30)19(12-28)39-27/h7-11,19,21,23-24,27-30,32-33H,4-6,12H2,1-3H3/t19?,21-,23?,24+,27-/m1/s1. The number of aliphatic hydroxyl groups excluding tert-OH is 4. The van der Waals surface area contributed by atoms with Crippen molar-refractivity contribution in [2.45, 2.75) is 51.5 Å². The normalized spacial score (nSPS) is 23.0. The summed E-state index contributed by atoms with van der Waals surface area (Å²) < 4.78 is 34.2. The first-order chi connectivity index (χ1) is 18.7. The molecule has 0 aliphatic carbocycles. The molecule has 0 radical (unpaired) electrons. The van der Waals surface area contributed by atoms with Gasteiger partial charge < -0.3 is 53.6 Å². The number of rotatable bonds is 10. The van der Waals surface area contributed by atoms with Crippen molar-refractivity contribution >= 4 is 11.0 Å². The van der Waals surface area contributed by atoms with Crippen molar-refractivity contribution in [2.24, 2.45) is 0 Å². The van der Waals surface area contributed by atoms with Crippen molar-refractivity contribution in [2.75, 3.05) is 26.4 Å². The van der Waals surface area contributed by atoms with Crippen LogP contribution in [0.3, 0.4) is 0 Å². The monoisotopic (exact) mass is 548 g/mol. The van der Waals surface area contributed by atoms with E-state index in [1.54, 1.807) is 26.8 Å². The molecule has 39 heavy (non-hydrogen) atoms. The lowest BCUT2D eigenvalue weighted by molar-refractivity contribution is -0.277. The van der Waals surface area contributed by atoms with Gasteiger partial charge in [-0.2, -0.15) is 0 Å². The molecule has 0 saturated carbocycles. The zero-order chi connectivity index (χ0) is 28.3. The number of aromatic hydroxyl groups is 1. The smallest absolute Gasteiger partial charge is 0.239 e. The lowest BCUT2D eigenvalue weighted by Crippen LogP contribution is -2.60. The molecule has 3 aromatic rings. The van der Waals surface area contributed by atoms with Gasteiger partial charge in [-0.05, 0) is 39.0 Å². The predicted molar refractivity (Wildman–Crippen MR) is 137 cm³/mol. The Morgan fingerprint density at radius 3 is 2.23 bits per heavy atom. The number of hydrogen-bond donors (Lipinski definition) is 5. The van der Waals surface area contributed by atoms with Crippen LogP contribution in [-0.2, 0) is 4.74 Å². The maximum atomic E-state index is 13.7. The number of aliphatic hydroxyl groups is 4. The summed E-state index contributed by atoms with van der Waals surface area (Å²) in [5.74, 6) is 0.265. The molecule has 1 fully saturated rings. The average molecular weight is 549 g/mol. The summed E-state index contributed by atoms with van der Waals surface area (Å²) in [4.78, 5) is 13.7. The van der Waals surface area contributed by atoms with Gasteiger partial charge >= 0.3 is 0 Å². The molecule has 1 saturated heterocycles. The minimum absolute atomic E-state index is 0.0502. The Bertz CT molecular complexity index is 1350. The quantitative estimate of drug-likeness (QED) is 0.247. The third-order valence-electron chi connectivity index (χ3n) is 6.10. The Labute approximate surface area is 223 Å². The minimum atomic E-state index is -1.65. The van der Waals surface area contributed by atoms with Gasteiger partial charge in [0.1, 0.15) is 46.9 Å². The van der Waals surface area contributed by atoms with Gasteiger partial charge in [0.25, 0.3) is 0 Å². The Balaban J connectivity index is 1.86. The summed E-state index contributed by atoms with van der Waals surface area (Å²) >= 11 is 0. The molecule has 2 aromatic carbocycles. The molecule has 1 aliphatic heterocycles. The highest BCUT2D eigenvalue weighted by atomic mass is 16.7. The van der Waals surface area contributed by atoms with Gasteiger partial charge in [0.15, 0.2) is 17.3 Å². The SMILES string of the molecule is CCOc1cc(-c2oc3cc(O[C@@H]4OC(CO)[C@@H](O)C(O)[C@@H]4O)cc(OCC)c3c(=O)c2OCC)ccc1O. The fraction of sp³-hybridized carbons (Fsp3) is 0.444. The van der Waals surface area contributed by atoms with Crippen LogP contribution >= 0.6 is 0 Å². The van der Waals surface area contributed by atoms with E-state index in [9.17, 15) is 30.3 Å². The highest BCUT2D eigenvalue weighted by Crippen LogP contribution is 2.39. The molecule has 2 unspecified atom stereocenters. The van der Waals surface area contributed by atoms with E-state index in [1.165, 1.54) is 24.3 Å². The summed E-state index contributed by atoms with van der Waals surface area (Å²) in [5, 5.41) is 50.2. The Morgan fingerprint density at radius 2 is 1.56 bits per heavy atom. The van der Waals surface area contributed by atoms with Crippen LogP contribution in [0.5, 0.6) is 28.7 Å². The van der Waals surface area contributed by atoms with Crippen molar-refractivity contribution < 1.29 is 53.6 Å². The third-order valence-corrected chi connectivity index (χ3v) is 6.10.